The molecule has 0 unspecified atom stereocenters. The normalized spacial score (nSPS) is 23.4. The van der Waals surface area contributed by atoms with Crippen LogP contribution in [0, 0.1) is 5.92 Å². The third-order valence-electron chi connectivity index (χ3n) is 3.59. The predicted octanol–water partition coefficient (Wildman–Crippen LogP) is 2.57. The molecule has 2 atom stereocenters. The Morgan fingerprint density at radius 2 is 2.00 bits per heavy atom. The molecule has 1 saturated heterocycles. The largest absolute Gasteiger partial charge is 0.469 e. The molecule has 0 radical (unpaired) electrons. The van der Waals surface area contributed by atoms with E-state index in [0.717, 1.165) is 6.07 Å². The Bertz CT molecular complexity index is 488. The van der Waals surface area contributed by atoms with Gasteiger partial charge in [0.2, 0.25) is 0 Å². The third kappa shape index (κ3) is 3.12. The van der Waals surface area contributed by atoms with Gasteiger partial charge in [-0.2, -0.15) is 13.2 Å². The second-order valence-corrected chi connectivity index (χ2v) is 4.90. The summed E-state index contributed by atoms with van der Waals surface area (Å²) >= 11 is 0. The zero-order valence-corrected chi connectivity index (χ0v) is 11.0. The molecule has 0 aliphatic carbocycles. The summed E-state index contributed by atoms with van der Waals surface area (Å²) in [6.07, 6.45) is -4.01. The fraction of sp³-hybridized carbons (Fsp3) is 0.500. The fourth-order valence-corrected chi connectivity index (χ4v) is 2.64. The lowest BCUT2D eigenvalue weighted by molar-refractivity contribution is -0.146. The van der Waals surface area contributed by atoms with Gasteiger partial charge in [0.15, 0.2) is 0 Å². The highest BCUT2D eigenvalue weighted by Crippen LogP contribution is 2.37. The molecule has 0 aromatic heterocycles. The van der Waals surface area contributed by atoms with Gasteiger partial charge in [-0.15, -0.1) is 0 Å². The Balaban J connectivity index is 2.26. The molecule has 3 nitrogen and oxygen atoms in total. The summed E-state index contributed by atoms with van der Waals surface area (Å²) in [5.74, 6) is -1.13. The van der Waals surface area contributed by atoms with Gasteiger partial charge in [-0.3, -0.25) is 4.79 Å². The van der Waals surface area contributed by atoms with Crippen molar-refractivity contribution in [3.63, 3.8) is 0 Å². The third-order valence-corrected chi connectivity index (χ3v) is 3.59. The first-order valence-electron chi connectivity index (χ1n) is 6.38. The van der Waals surface area contributed by atoms with Crippen LogP contribution in [0.15, 0.2) is 24.3 Å². The van der Waals surface area contributed by atoms with Crippen molar-refractivity contribution in [2.75, 3.05) is 20.2 Å². The first-order chi connectivity index (χ1) is 9.43. The number of methoxy groups -OCH3 is 1. The first kappa shape index (κ1) is 14.8. The van der Waals surface area contributed by atoms with E-state index in [1.807, 2.05) is 0 Å². The number of carbonyl (C=O) groups excluding carboxylic acids is 1. The van der Waals surface area contributed by atoms with Gasteiger partial charge in [-0.1, -0.05) is 18.2 Å². The standard InChI is InChI=1S/C14H16F3NO2/c1-20-13(19)10-6-9(7-18-8-10)11-4-2-3-5-12(11)14(15,16)17/h2-5,9-10,18H,6-8H2,1H3/t9-,10+/m1/s1. The second kappa shape index (κ2) is 5.83. The molecule has 1 heterocycles. The van der Waals surface area contributed by atoms with E-state index in [1.165, 1.54) is 19.2 Å². The molecule has 1 aliphatic heterocycles. The molecule has 1 aromatic carbocycles. The van der Waals surface area contributed by atoms with Gasteiger partial charge in [-0.05, 0) is 24.0 Å². The van der Waals surface area contributed by atoms with E-state index in [4.69, 9.17) is 0 Å². The van der Waals surface area contributed by atoms with Crippen LogP contribution in [0.1, 0.15) is 23.5 Å². The molecule has 0 amide bonds. The molecule has 0 saturated carbocycles. The summed E-state index contributed by atoms with van der Waals surface area (Å²) in [6, 6.07) is 5.53. The molecular weight excluding hydrogens is 271 g/mol. The van der Waals surface area contributed by atoms with Crippen molar-refractivity contribution in [1.82, 2.24) is 5.32 Å². The number of rotatable bonds is 2. The van der Waals surface area contributed by atoms with Crippen molar-refractivity contribution in [3.05, 3.63) is 35.4 Å². The molecular formula is C14H16F3NO2. The Hall–Kier alpha value is -1.56. The number of alkyl halides is 3. The van der Waals surface area contributed by atoms with E-state index in [1.54, 1.807) is 6.07 Å². The van der Waals surface area contributed by atoms with Crippen molar-refractivity contribution in [3.8, 4) is 0 Å². The van der Waals surface area contributed by atoms with Gasteiger partial charge in [0.1, 0.15) is 0 Å². The van der Waals surface area contributed by atoms with Crippen LogP contribution in [0.4, 0.5) is 13.2 Å². The maximum Gasteiger partial charge on any atom is 0.416 e. The van der Waals surface area contributed by atoms with Gasteiger partial charge in [0, 0.05) is 13.1 Å². The average Bonchev–Trinajstić information content (AvgIpc) is 2.45. The lowest BCUT2D eigenvalue weighted by atomic mass is 9.83. The lowest BCUT2D eigenvalue weighted by Gasteiger charge is -2.30. The Morgan fingerprint density at radius 1 is 1.30 bits per heavy atom. The minimum atomic E-state index is -4.38. The van der Waals surface area contributed by atoms with Crippen molar-refractivity contribution in [2.45, 2.75) is 18.5 Å². The van der Waals surface area contributed by atoms with Crippen LogP contribution in [0.25, 0.3) is 0 Å². The zero-order valence-electron chi connectivity index (χ0n) is 11.0. The highest BCUT2D eigenvalue weighted by molar-refractivity contribution is 5.72. The van der Waals surface area contributed by atoms with Crippen LogP contribution in [0.3, 0.4) is 0 Å². The van der Waals surface area contributed by atoms with Gasteiger partial charge in [0.05, 0.1) is 18.6 Å². The topological polar surface area (TPSA) is 38.3 Å². The van der Waals surface area contributed by atoms with E-state index in [-0.39, 0.29) is 17.5 Å². The van der Waals surface area contributed by atoms with Crippen LogP contribution in [0.5, 0.6) is 0 Å². The summed E-state index contributed by atoms with van der Waals surface area (Å²) in [6.45, 7) is 0.873. The number of halogens is 3. The maximum atomic E-state index is 13.0. The first-order valence-corrected chi connectivity index (χ1v) is 6.38. The van der Waals surface area contributed by atoms with Crippen LogP contribution in [0.2, 0.25) is 0 Å². The van der Waals surface area contributed by atoms with Crippen LogP contribution in [-0.2, 0) is 15.7 Å². The maximum absolute atomic E-state index is 13.0. The number of nitrogens with one attached hydrogen (secondary N) is 1. The molecule has 0 spiro atoms. The average molecular weight is 287 g/mol. The van der Waals surface area contributed by atoms with E-state index < -0.39 is 17.7 Å². The summed E-state index contributed by atoms with van der Waals surface area (Å²) in [7, 11) is 1.29. The van der Waals surface area contributed by atoms with Gasteiger partial charge in [-0.25, -0.2) is 0 Å². The van der Waals surface area contributed by atoms with Gasteiger partial charge < -0.3 is 10.1 Å². The summed E-state index contributed by atoms with van der Waals surface area (Å²) in [5, 5.41) is 3.01. The molecule has 1 aromatic rings. The van der Waals surface area contributed by atoms with Gasteiger partial charge in [0.25, 0.3) is 0 Å². The molecule has 20 heavy (non-hydrogen) atoms. The molecule has 0 bridgehead atoms. The number of carbonyl (C=O) groups is 1. The Morgan fingerprint density at radius 3 is 2.65 bits per heavy atom. The van der Waals surface area contributed by atoms with E-state index in [2.05, 4.69) is 10.1 Å². The highest BCUT2D eigenvalue weighted by Gasteiger charge is 2.37. The molecule has 1 aliphatic rings. The van der Waals surface area contributed by atoms with Crippen molar-refractivity contribution in [1.29, 1.82) is 0 Å². The minimum Gasteiger partial charge on any atom is -0.469 e. The molecule has 1 fully saturated rings. The summed E-state index contributed by atoms with van der Waals surface area (Å²) in [4.78, 5) is 11.5. The molecule has 1 N–H and O–H groups in total. The van der Waals surface area contributed by atoms with Crippen LogP contribution in [-0.4, -0.2) is 26.2 Å². The van der Waals surface area contributed by atoms with Crippen molar-refractivity contribution < 1.29 is 22.7 Å². The van der Waals surface area contributed by atoms with Crippen molar-refractivity contribution in [2.24, 2.45) is 5.92 Å². The number of piperidine rings is 1. The molecule has 2 rings (SSSR count). The van der Waals surface area contributed by atoms with Gasteiger partial charge >= 0.3 is 12.1 Å². The monoisotopic (exact) mass is 287 g/mol. The van der Waals surface area contributed by atoms with Crippen molar-refractivity contribution >= 4 is 5.97 Å². The fourth-order valence-electron chi connectivity index (χ4n) is 2.64. The van der Waals surface area contributed by atoms with E-state index in [9.17, 15) is 18.0 Å². The number of hydrogen-bond donors (Lipinski definition) is 1. The Labute approximate surface area is 115 Å². The minimum absolute atomic E-state index is 0.237. The summed E-state index contributed by atoms with van der Waals surface area (Å²) in [5.41, 5.74) is -0.390. The van der Waals surface area contributed by atoms with E-state index in [0.29, 0.717) is 19.5 Å². The smallest absolute Gasteiger partial charge is 0.416 e. The predicted molar refractivity (Wildman–Crippen MR) is 67.2 cm³/mol. The number of hydrogen-bond acceptors (Lipinski definition) is 3. The number of ether oxygens (including phenoxy) is 1. The van der Waals surface area contributed by atoms with E-state index >= 15 is 0 Å². The number of benzene rings is 1. The Kier molecular flexibility index (Phi) is 4.32. The highest BCUT2D eigenvalue weighted by atomic mass is 19.4. The second-order valence-electron chi connectivity index (χ2n) is 4.90. The van der Waals surface area contributed by atoms with Crippen LogP contribution < -0.4 is 5.32 Å². The quantitative estimate of drug-likeness (QED) is 0.850. The number of esters is 1. The zero-order chi connectivity index (χ0) is 14.8. The summed E-state index contributed by atoms with van der Waals surface area (Å²) < 4.78 is 43.7. The van der Waals surface area contributed by atoms with Crippen LogP contribution >= 0.6 is 0 Å². The lowest BCUT2D eigenvalue weighted by Crippen LogP contribution is -2.39. The molecule has 6 heteroatoms. The molecule has 110 valence electrons. The SMILES string of the molecule is COC(=O)[C@@H]1CNC[C@H](c2ccccc2C(F)(F)F)C1.